The van der Waals surface area contributed by atoms with Gasteiger partial charge in [0.15, 0.2) is 9.84 Å². The first-order valence-electron chi connectivity index (χ1n) is 5.34. The molecule has 0 saturated carbocycles. The van der Waals surface area contributed by atoms with Crippen molar-refractivity contribution in [2.45, 2.75) is 31.8 Å². The SMILES string of the molecule is Cc1cc(C)cc(CS(=O)(=O)C(C)CN)c1. The van der Waals surface area contributed by atoms with Gasteiger partial charge in [0.2, 0.25) is 0 Å². The van der Waals surface area contributed by atoms with Crippen molar-refractivity contribution in [1.82, 2.24) is 0 Å². The van der Waals surface area contributed by atoms with Crippen LogP contribution in [0.25, 0.3) is 0 Å². The predicted molar refractivity (Wildman–Crippen MR) is 67.1 cm³/mol. The molecule has 0 bridgehead atoms. The van der Waals surface area contributed by atoms with E-state index in [1.165, 1.54) is 0 Å². The first-order chi connectivity index (χ1) is 7.35. The van der Waals surface area contributed by atoms with Gasteiger partial charge in [0.05, 0.1) is 11.0 Å². The Morgan fingerprint density at radius 3 is 2.12 bits per heavy atom. The second-order valence-electron chi connectivity index (χ2n) is 4.35. The van der Waals surface area contributed by atoms with E-state index in [4.69, 9.17) is 5.73 Å². The average molecular weight is 241 g/mol. The first kappa shape index (κ1) is 13.2. The molecule has 1 rings (SSSR count). The molecule has 90 valence electrons. The summed E-state index contributed by atoms with van der Waals surface area (Å²) < 4.78 is 23.7. The summed E-state index contributed by atoms with van der Waals surface area (Å²) in [5.41, 5.74) is 8.41. The van der Waals surface area contributed by atoms with Crippen molar-refractivity contribution in [3.8, 4) is 0 Å². The second kappa shape index (κ2) is 4.97. The minimum Gasteiger partial charge on any atom is -0.329 e. The monoisotopic (exact) mass is 241 g/mol. The number of hydrogen-bond acceptors (Lipinski definition) is 3. The van der Waals surface area contributed by atoms with Crippen molar-refractivity contribution in [2.24, 2.45) is 5.73 Å². The normalized spacial score (nSPS) is 13.8. The van der Waals surface area contributed by atoms with Crippen LogP contribution < -0.4 is 5.73 Å². The van der Waals surface area contributed by atoms with Crippen molar-refractivity contribution in [3.05, 3.63) is 34.9 Å². The third-order valence-electron chi connectivity index (χ3n) is 2.59. The molecule has 1 unspecified atom stereocenters. The third kappa shape index (κ3) is 3.32. The maximum absolute atomic E-state index is 11.9. The lowest BCUT2D eigenvalue weighted by Crippen LogP contribution is -2.27. The van der Waals surface area contributed by atoms with Crippen LogP contribution in [0.3, 0.4) is 0 Å². The van der Waals surface area contributed by atoms with Gasteiger partial charge < -0.3 is 5.73 Å². The standard InChI is InChI=1S/C12H19NO2S/c1-9-4-10(2)6-12(5-9)8-16(14,15)11(3)7-13/h4-6,11H,7-8,13H2,1-3H3. The van der Waals surface area contributed by atoms with Crippen molar-refractivity contribution in [2.75, 3.05) is 6.54 Å². The highest BCUT2D eigenvalue weighted by molar-refractivity contribution is 7.91. The quantitative estimate of drug-likeness (QED) is 0.870. The minimum absolute atomic E-state index is 0.0773. The summed E-state index contributed by atoms with van der Waals surface area (Å²) >= 11 is 0. The summed E-state index contributed by atoms with van der Waals surface area (Å²) in [6, 6.07) is 5.85. The van der Waals surface area contributed by atoms with Gasteiger partial charge in [-0.3, -0.25) is 0 Å². The lowest BCUT2D eigenvalue weighted by molar-refractivity contribution is 0.583. The Balaban J connectivity index is 2.97. The molecule has 1 atom stereocenters. The zero-order valence-electron chi connectivity index (χ0n) is 10.0. The van der Waals surface area contributed by atoms with Gasteiger partial charge in [0.1, 0.15) is 0 Å². The van der Waals surface area contributed by atoms with E-state index in [1.807, 2.05) is 32.0 Å². The van der Waals surface area contributed by atoms with Crippen molar-refractivity contribution in [3.63, 3.8) is 0 Å². The summed E-state index contributed by atoms with van der Waals surface area (Å²) in [5.74, 6) is 0.0773. The Labute approximate surface area is 97.6 Å². The highest BCUT2D eigenvalue weighted by atomic mass is 32.2. The molecule has 3 nitrogen and oxygen atoms in total. The molecule has 4 heteroatoms. The van der Waals surface area contributed by atoms with E-state index in [0.29, 0.717) is 0 Å². The molecule has 16 heavy (non-hydrogen) atoms. The van der Waals surface area contributed by atoms with Crippen LogP contribution in [-0.2, 0) is 15.6 Å². The Bertz CT molecular complexity index is 446. The van der Waals surface area contributed by atoms with Crippen LogP contribution in [0.5, 0.6) is 0 Å². The molecule has 0 amide bonds. The van der Waals surface area contributed by atoms with Gasteiger partial charge >= 0.3 is 0 Å². The van der Waals surface area contributed by atoms with Crippen LogP contribution in [0.1, 0.15) is 23.6 Å². The maximum Gasteiger partial charge on any atom is 0.158 e. The summed E-state index contributed by atoms with van der Waals surface area (Å²) in [4.78, 5) is 0. The zero-order chi connectivity index (χ0) is 12.3. The van der Waals surface area contributed by atoms with Gasteiger partial charge in [-0.05, 0) is 26.3 Å². The smallest absolute Gasteiger partial charge is 0.158 e. The van der Waals surface area contributed by atoms with Crippen LogP contribution in [0.4, 0.5) is 0 Å². The molecule has 0 aromatic heterocycles. The maximum atomic E-state index is 11.9. The molecule has 0 saturated heterocycles. The van der Waals surface area contributed by atoms with E-state index in [2.05, 4.69) is 0 Å². The molecule has 1 aromatic rings. The molecule has 1 aromatic carbocycles. The molecule has 2 N–H and O–H groups in total. The summed E-state index contributed by atoms with van der Waals surface area (Å²) in [6.45, 7) is 5.76. The van der Waals surface area contributed by atoms with Crippen LogP contribution >= 0.6 is 0 Å². The molecule has 0 aliphatic rings. The van der Waals surface area contributed by atoms with Crippen LogP contribution in [-0.4, -0.2) is 20.2 Å². The average Bonchev–Trinajstić information content (AvgIpc) is 2.13. The van der Waals surface area contributed by atoms with Crippen LogP contribution in [0, 0.1) is 13.8 Å². The Hall–Kier alpha value is -0.870. The van der Waals surface area contributed by atoms with Gasteiger partial charge in [-0.15, -0.1) is 0 Å². The number of benzene rings is 1. The van der Waals surface area contributed by atoms with Crippen LogP contribution in [0.15, 0.2) is 18.2 Å². The lowest BCUT2D eigenvalue weighted by Gasteiger charge is -2.11. The minimum atomic E-state index is -3.12. The highest BCUT2D eigenvalue weighted by Gasteiger charge is 2.19. The predicted octanol–water partition coefficient (Wildman–Crippen LogP) is 1.57. The van der Waals surface area contributed by atoms with Gasteiger partial charge in [-0.25, -0.2) is 8.42 Å². The number of rotatable bonds is 4. The lowest BCUT2D eigenvalue weighted by atomic mass is 10.1. The summed E-state index contributed by atoms with van der Waals surface area (Å²) in [7, 11) is -3.12. The van der Waals surface area contributed by atoms with E-state index in [1.54, 1.807) is 6.92 Å². The van der Waals surface area contributed by atoms with E-state index in [0.717, 1.165) is 16.7 Å². The largest absolute Gasteiger partial charge is 0.329 e. The molecular formula is C12H19NO2S. The van der Waals surface area contributed by atoms with Gasteiger partial charge in [0, 0.05) is 6.54 Å². The number of sulfone groups is 1. The summed E-state index contributed by atoms with van der Waals surface area (Å²) in [5, 5.41) is -0.478. The van der Waals surface area contributed by atoms with Gasteiger partial charge in [-0.2, -0.15) is 0 Å². The van der Waals surface area contributed by atoms with E-state index in [9.17, 15) is 8.42 Å². The highest BCUT2D eigenvalue weighted by Crippen LogP contribution is 2.14. The first-order valence-corrected chi connectivity index (χ1v) is 7.05. The van der Waals surface area contributed by atoms with Crippen molar-refractivity contribution >= 4 is 9.84 Å². The Morgan fingerprint density at radius 2 is 1.69 bits per heavy atom. The number of hydrogen-bond donors (Lipinski definition) is 1. The molecule has 0 spiro atoms. The van der Waals surface area contributed by atoms with Crippen molar-refractivity contribution in [1.29, 1.82) is 0 Å². The van der Waals surface area contributed by atoms with E-state index in [-0.39, 0.29) is 12.3 Å². The molecule has 0 fully saturated rings. The Morgan fingerprint density at radius 1 is 1.19 bits per heavy atom. The number of aryl methyl sites for hydroxylation is 2. The second-order valence-corrected chi connectivity index (χ2v) is 6.77. The van der Waals surface area contributed by atoms with Gasteiger partial charge in [-0.1, -0.05) is 29.3 Å². The van der Waals surface area contributed by atoms with Gasteiger partial charge in [0.25, 0.3) is 0 Å². The Kier molecular flexibility index (Phi) is 4.10. The molecule has 0 aliphatic heterocycles. The fourth-order valence-electron chi connectivity index (χ4n) is 1.67. The molecule has 0 aliphatic carbocycles. The van der Waals surface area contributed by atoms with Crippen LogP contribution in [0.2, 0.25) is 0 Å². The van der Waals surface area contributed by atoms with Crippen molar-refractivity contribution < 1.29 is 8.42 Å². The number of nitrogens with two attached hydrogens (primary N) is 1. The topological polar surface area (TPSA) is 60.2 Å². The van der Waals surface area contributed by atoms with E-state index >= 15 is 0 Å². The fraction of sp³-hybridized carbons (Fsp3) is 0.500. The van der Waals surface area contributed by atoms with E-state index < -0.39 is 15.1 Å². The zero-order valence-corrected chi connectivity index (χ0v) is 10.8. The molecule has 0 radical (unpaired) electrons. The third-order valence-corrected chi connectivity index (χ3v) is 4.75. The molecule has 0 heterocycles. The fourth-order valence-corrected chi connectivity index (χ4v) is 2.88. The summed E-state index contributed by atoms with van der Waals surface area (Å²) in [6.07, 6.45) is 0. The molecular weight excluding hydrogens is 222 g/mol.